The van der Waals surface area contributed by atoms with Gasteiger partial charge in [-0.05, 0) is 23.8 Å². The molecule has 4 aromatic rings. The lowest BCUT2D eigenvalue weighted by atomic mass is 10.0. The van der Waals surface area contributed by atoms with Crippen molar-refractivity contribution < 1.29 is 9.72 Å². The molecule has 0 atom stereocenters. The molecule has 0 bridgehead atoms. The Bertz CT molecular complexity index is 1180. The van der Waals surface area contributed by atoms with Crippen molar-refractivity contribution in [3.63, 3.8) is 0 Å². The molecular weight excluding hydrogens is 410 g/mol. The Morgan fingerprint density at radius 2 is 1.85 bits per heavy atom. The lowest BCUT2D eigenvalue weighted by molar-refractivity contribution is -0.384. The van der Waals surface area contributed by atoms with Crippen LogP contribution in [0.4, 0.5) is 5.69 Å². The number of pyridine rings is 1. The Morgan fingerprint density at radius 1 is 1.07 bits per heavy atom. The van der Waals surface area contributed by atoms with Crippen molar-refractivity contribution in [2.24, 2.45) is 0 Å². The molecule has 0 unspecified atom stereocenters. The van der Waals surface area contributed by atoms with E-state index in [2.05, 4.69) is 25.9 Å². The SMILES string of the molecule is O=C(c1cccc([N+](=O)[O-])c1)c1c[nH]c2ncc(-c3ccc(Br)cc3)cc12. The second kappa shape index (κ2) is 6.77. The fourth-order valence-electron chi connectivity index (χ4n) is 2.91. The minimum Gasteiger partial charge on any atom is -0.345 e. The molecule has 132 valence electrons. The quantitative estimate of drug-likeness (QED) is 0.281. The molecule has 6 nitrogen and oxygen atoms in total. The van der Waals surface area contributed by atoms with Crippen LogP contribution in [-0.2, 0) is 0 Å². The molecule has 2 aromatic heterocycles. The number of fused-ring (bicyclic) bond motifs is 1. The number of halogens is 1. The number of rotatable bonds is 4. The molecular formula is C20H12BrN3O3. The first-order chi connectivity index (χ1) is 13.0. The minimum atomic E-state index is -0.515. The first kappa shape index (κ1) is 17.1. The number of carbonyl (C=O) groups is 1. The number of hydrogen-bond acceptors (Lipinski definition) is 4. The summed E-state index contributed by atoms with van der Waals surface area (Å²) < 4.78 is 0.975. The van der Waals surface area contributed by atoms with E-state index in [0.717, 1.165) is 15.6 Å². The van der Waals surface area contributed by atoms with Gasteiger partial charge >= 0.3 is 0 Å². The van der Waals surface area contributed by atoms with E-state index < -0.39 is 4.92 Å². The molecule has 2 aromatic carbocycles. The number of hydrogen-bond donors (Lipinski definition) is 1. The summed E-state index contributed by atoms with van der Waals surface area (Å²) in [6.45, 7) is 0. The van der Waals surface area contributed by atoms with Crippen LogP contribution in [0.25, 0.3) is 22.2 Å². The number of H-pyrrole nitrogens is 1. The fraction of sp³-hybridized carbons (Fsp3) is 0. The van der Waals surface area contributed by atoms with E-state index in [9.17, 15) is 14.9 Å². The van der Waals surface area contributed by atoms with Crippen molar-refractivity contribution >= 4 is 38.4 Å². The lowest BCUT2D eigenvalue weighted by Gasteiger charge is -2.04. The highest BCUT2D eigenvalue weighted by molar-refractivity contribution is 9.10. The number of benzene rings is 2. The van der Waals surface area contributed by atoms with E-state index in [0.29, 0.717) is 16.6 Å². The number of nitrogens with zero attached hydrogens (tertiary/aromatic N) is 2. The summed E-state index contributed by atoms with van der Waals surface area (Å²) in [6.07, 6.45) is 3.33. The lowest BCUT2D eigenvalue weighted by Crippen LogP contribution is -2.01. The van der Waals surface area contributed by atoms with Gasteiger partial charge in [0.2, 0.25) is 0 Å². The van der Waals surface area contributed by atoms with Gasteiger partial charge in [0.25, 0.3) is 5.69 Å². The number of ketones is 1. The van der Waals surface area contributed by atoms with E-state index in [1.165, 1.54) is 18.2 Å². The standard InChI is InChI=1S/C20H12BrN3O3/c21-15-6-4-12(5-7-15)14-9-17-18(11-23-20(17)22-10-14)19(25)13-2-1-3-16(8-13)24(26)27/h1-11H,(H,22,23). The molecule has 0 amide bonds. The molecule has 1 N–H and O–H groups in total. The van der Waals surface area contributed by atoms with Gasteiger partial charge in [-0.25, -0.2) is 4.98 Å². The Labute approximate surface area is 162 Å². The largest absolute Gasteiger partial charge is 0.345 e. The van der Waals surface area contributed by atoms with Crippen molar-refractivity contribution in [1.82, 2.24) is 9.97 Å². The van der Waals surface area contributed by atoms with E-state index in [4.69, 9.17) is 0 Å². The first-order valence-electron chi connectivity index (χ1n) is 8.05. The number of aromatic amines is 1. The van der Waals surface area contributed by atoms with Crippen molar-refractivity contribution in [1.29, 1.82) is 0 Å². The van der Waals surface area contributed by atoms with Crippen molar-refractivity contribution in [2.75, 3.05) is 0 Å². The molecule has 2 heterocycles. The number of aromatic nitrogens is 2. The summed E-state index contributed by atoms with van der Waals surface area (Å²) in [5.74, 6) is -0.292. The Hall–Kier alpha value is -3.32. The third kappa shape index (κ3) is 3.24. The van der Waals surface area contributed by atoms with Crippen LogP contribution in [0, 0.1) is 10.1 Å². The predicted molar refractivity (Wildman–Crippen MR) is 106 cm³/mol. The van der Waals surface area contributed by atoms with Crippen molar-refractivity contribution in [3.05, 3.63) is 92.7 Å². The number of nitro benzene ring substituents is 1. The van der Waals surface area contributed by atoms with Crippen LogP contribution in [0.15, 0.2) is 71.5 Å². The van der Waals surface area contributed by atoms with E-state index in [-0.39, 0.29) is 17.0 Å². The molecule has 27 heavy (non-hydrogen) atoms. The van der Waals surface area contributed by atoms with Crippen molar-refractivity contribution in [2.45, 2.75) is 0 Å². The highest BCUT2D eigenvalue weighted by atomic mass is 79.9. The first-order valence-corrected chi connectivity index (χ1v) is 8.84. The summed E-state index contributed by atoms with van der Waals surface area (Å²) >= 11 is 3.41. The molecule has 0 spiro atoms. The monoisotopic (exact) mass is 421 g/mol. The molecule has 0 radical (unpaired) electrons. The van der Waals surface area contributed by atoms with Crippen LogP contribution in [0.5, 0.6) is 0 Å². The predicted octanol–water partition coefficient (Wildman–Crippen LogP) is 5.13. The van der Waals surface area contributed by atoms with Gasteiger partial charge < -0.3 is 4.98 Å². The summed E-state index contributed by atoms with van der Waals surface area (Å²) in [7, 11) is 0. The molecule has 7 heteroatoms. The number of nitrogens with one attached hydrogen (secondary N) is 1. The Balaban J connectivity index is 1.79. The third-order valence-electron chi connectivity index (χ3n) is 4.27. The summed E-state index contributed by atoms with van der Waals surface area (Å²) in [5.41, 5.74) is 3.01. The molecule has 0 aliphatic carbocycles. The van der Waals surface area contributed by atoms with Crippen LogP contribution in [0.3, 0.4) is 0 Å². The zero-order valence-electron chi connectivity index (χ0n) is 13.8. The Kier molecular flexibility index (Phi) is 4.29. The van der Waals surface area contributed by atoms with Gasteiger partial charge in [0, 0.05) is 51.1 Å². The summed E-state index contributed by atoms with van der Waals surface area (Å²) in [6, 6.07) is 15.4. The van der Waals surface area contributed by atoms with Gasteiger partial charge in [-0.3, -0.25) is 14.9 Å². The van der Waals surface area contributed by atoms with Gasteiger partial charge in [-0.1, -0.05) is 40.2 Å². The molecule has 0 aliphatic rings. The average molecular weight is 422 g/mol. The highest BCUT2D eigenvalue weighted by Gasteiger charge is 2.18. The fourth-order valence-corrected chi connectivity index (χ4v) is 3.17. The molecule has 4 rings (SSSR count). The normalized spacial score (nSPS) is 10.9. The van der Waals surface area contributed by atoms with E-state index >= 15 is 0 Å². The van der Waals surface area contributed by atoms with E-state index in [1.807, 2.05) is 30.3 Å². The minimum absolute atomic E-state index is 0.116. The van der Waals surface area contributed by atoms with Gasteiger partial charge in [0.05, 0.1) is 4.92 Å². The second-order valence-corrected chi connectivity index (χ2v) is 6.88. The van der Waals surface area contributed by atoms with Crippen LogP contribution >= 0.6 is 15.9 Å². The molecule has 0 saturated heterocycles. The van der Waals surface area contributed by atoms with Crippen molar-refractivity contribution in [3.8, 4) is 11.1 Å². The molecule has 0 saturated carbocycles. The zero-order valence-corrected chi connectivity index (χ0v) is 15.4. The number of non-ortho nitro benzene ring substituents is 1. The van der Waals surface area contributed by atoms with Gasteiger partial charge in [-0.15, -0.1) is 0 Å². The maximum absolute atomic E-state index is 12.9. The van der Waals surface area contributed by atoms with E-state index in [1.54, 1.807) is 18.5 Å². The number of carbonyl (C=O) groups excluding carboxylic acids is 1. The maximum atomic E-state index is 12.9. The maximum Gasteiger partial charge on any atom is 0.270 e. The van der Waals surface area contributed by atoms with Crippen LogP contribution in [0.2, 0.25) is 0 Å². The highest BCUT2D eigenvalue weighted by Crippen LogP contribution is 2.27. The van der Waals surface area contributed by atoms with Crippen LogP contribution in [-0.4, -0.2) is 20.7 Å². The third-order valence-corrected chi connectivity index (χ3v) is 4.80. The Morgan fingerprint density at radius 3 is 2.59 bits per heavy atom. The average Bonchev–Trinajstić information content (AvgIpc) is 3.11. The topological polar surface area (TPSA) is 88.9 Å². The van der Waals surface area contributed by atoms with Gasteiger partial charge in [0.15, 0.2) is 5.78 Å². The van der Waals surface area contributed by atoms with Gasteiger partial charge in [0.1, 0.15) is 5.65 Å². The second-order valence-electron chi connectivity index (χ2n) is 5.97. The summed E-state index contributed by atoms with van der Waals surface area (Å²) in [4.78, 5) is 30.8. The smallest absolute Gasteiger partial charge is 0.270 e. The summed E-state index contributed by atoms with van der Waals surface area (Å²) in [5, 5.41) is 11.6. The van der Waals surface area contributed by atoms with Crippen LogP contribution < -0.4 is 0 Å². The number of nitro groups is 1. The van der Waals surface area contributed by atoms with Gasteiger partial charge in [-0.2, -0.15) is 0 Å². The zero-order chi connectivity index (χ0) is 19.0. The molecule has 0 fully saturated rings. The molecule has 0 aliphatic heterocycles. The van der Waals surface area contributed by atoms with Crippen LogP contribution in [0.1, 0.15) is 15.9 Å².